The van der Waals surface area contributed by atoms with E-state index in [1.807, 2.05) is 45.2 Å². The number of hydrogen-bond acceptors (Lipinski definition) is 8. The van der Waals surface area contributed by atoms with E-state index in [-0.39, 0.29) is 5.41 Å². The number of nitrogens with one attached hydrogen (secondary N) is 1. The zero-order valence-corrected chi connectivity index (χ0v) is 19.1. The summed E-state index contributed by atoms with van der Waals surface area (Å²) in [6, 6.07) is 5.84. The fraction of sp³-hybridized carbons (Fsp3) is 0.522. The molecule has 0 saturated carbocycles. The summed E-state index contributed by atoms with van der Waals surface area (Å²) in [7, 11) is 0. The molecule has 166 valence electrons. The van der Waals surface area contributed by atoms with Crippen molar-refractivity contribution in [1.29, 1.82) is 0 Å². The van der Waals surface area contributed by atoms with Crippen molar-refractivity contribution >= 4 is 17.4 Å². The lowest BCUT2D eigenvalue weighted by molar-refractivity contribution is -0.000158. The molecule has 0 atom stereocenters. The fourth-order valence-corrected chi connectivity index (χ4v) is 3.16. The molecule has 0 radical (unpaired) electrons. The Labute approximate surface area is 184 Å². The Morgan fingerprint density at radius 1 is 1.16 bits per heavy atom. The molecular formula is C23H32N6O2. The quantitative estimate of drug-likeness (QED) is 0.480. The summed E-state index contributed by atoms with van der Waals surface area (Å²) in [4.78, 5) is 24.7. The van der Waals surface area contributed by atoms with E-state index in [1.165, 1.54) is 0 Å². The Morgan fingerprint density at radius 3 is 2.74 bits per heavy atom. The minimum atomic E-state index is -0.258. The van der Waals surface area contributed by atoms with E-state index >= 15 is 0 Å². The van der Waals surface area contributed by atoms with Crippen molar-refractivity contribution in [1.82, 2.24) is 15.0 Å². The highest BCUT2D eigenvalue weighted by Gasteiger charge is 2.22. The van der Waals surface area contributed by atoms with Crippen LogP contribution in [0.15, 0.2) is 34.7 Å². The molecule has 0 bridgehead atoms. The third-order valence-electron chi connectivity index (χ3n) is 4.88. The molecule has 0 amide bonds. The number of anilines is 1. The lowest BCUT2D eigenvalue weighted by Crippen LogP contribution is -2.25. The van der Waals surface area contributed by atoms with Gasteiger partial charge in [0.15, 0.2) is 0 Å². The minimum absolute atomic E-state index is 0.258. The number of hydrogen-bond donors (Lipinski definition) is 1. The maximum absolute atomic E-state index is 5.72. The Bertz CT molecular complexity index is 955. The molecule has 0 fully saturated rings. The first-order chi connectivity index (χ1) is 14.9. The summed E-state index contributed by atoms with van der Waals surface area (Å²) < 4.78 is 0. The summed E-state index contributed by atoms with van der Waals surface area (Å²) in [5, 5.41) is 11.8. The molecule has 2 aromatic heterocycles. The van der Waals surface area contributed by atoms with Crippen LogP contribution in [0.25, 0.3) is 0 Å². The number of nitrogens with zero attached hydrogens (tertiary/aromatic N) is 5. The molecule has 2 aromatic rings. The fourth-order valence-electron chi connectivity index (χ4n) is 3.16. The molecule has 1 aliphatic carbocycles. The SMILES string of the molecule is CCNc1ncc2c(n1)C(=NOCC(C)(C)CON=C(C)c1cccc(C)n1)CCC2. The minimum Gasteiger partial charge on any atom is -0.395 e. The lowest BCUT2D eigenvalue weighted by atomic mass is 9.95. The first-order valence-electron chi connectivity index (χ1n) is 10.8. The molecular weight excluding hydrogens is 392 g/mol. The number of pyridine rings is 1. The van der Waals surface area contributed by atoms with Gasteiger partial charge in [0.25, 0.3) is 0 Å². The van der Waals surface area contributed by atoms with Gasteiger partial charge in [-0.1, -0.05) is 30.2 Å². The predicted molar refractivity (Wildman–Crippen MR) is 123 cm³/mol. The van der Waals surface area contributed by atoms with Gasteiger partial charge in [0.2, 0.25) is 5.95 Å². The molecule has 1 N–H and O–H groups in total. The van der Waals surface area contributed by atoms with Crippen LogP contribution in [0.5, 0.6) is 0 Å². The monoisotopic (exact) mass is 424 g/mol. The van der Waals surface area contributed by atoms with Crippen molar-refractivity contribution in [2.24, 2.45) is 15.7 Å². The number of aryl methyl sites for hydroxylation is 2. The van der Waals surface area contributed by atoms with Crippen LogP contribution in [-0.4, -0.2) is 46.1 Å². The molecule has 3 rings (SSSR count). The van der Waals surface area contributed by atoms with Crippen LogP contribution < -0.4 is 5.32 Å². The van der Waals surface area contributed by atoms with Crippen LogP contribution in [0.3, 0.4) is 0 Å². The highest BCUT2D eigenvalue weighted by molar-refractivity contribution is 6.00. The van der Waals surface area contributed by atoms with Gasteiger partial charge in [-0.25, -0.2) is 9.97 Å². The van der Waals surface area contributed by atoms with Crippen molar-refractivity contribution < 1.29 is 9.68 Å². The average Bonchev–Trinajstić information content (AvgIpc) is 2.74. The van der Waals surface area contributed by atoms with E-state index < -0.39 is 0 Å². The zero-order valence-electron chi connectivity index (χ0n) is 19.1. The van der Waals surface area contributed by atoms with Gasteiger partial charge in [0, 0.05) is 23.9 Å². The molecule has 0 unspecified atom stereocenters. The third-order valence-corrected chi connectivity index (χ3v) is 4.88. The first-order valence-corrected chi connectivity index (χ1v) is 10.8. The number of oxime groups is 2. The topological polar surface area (TPSA) is 93.9 Å². The molecule has 2 heterocycles. The number of aromatic nitrogens is 3. The van der Waals surface area contributed by atoms with Gasteiger partial charge in [0.05, 0.1) is 11.4 Å². The van der Waals surface area contributed by atoms with Crippen molar-refractivity contribution in [2.45, 2.75) is 53.9 Å². The van der Waals surface area contributed by atoms with Crippen molar-refractivity contribution in [2.75, 3.05) is 25.1 Å². The average molecular weight is 425 g/mol. The van der Waals surface area contributed by atoms with Gasteiger partial charge in [0.1, 0.15) is 24.6 Å². The van der Waals surface area contributed by atoms with Crippen LogP contribution >= 0.6 is 0 Å². The van der Waals surface area contributed by atoms with Crippen molar-refractivity contribution in [3.8, 4) is 0 Å². The highest BCUT2D eigenvalue weighted by Crippen LogP contribution is 2.22. The summed E-state index contributed by atoms with van der Waals surface area (Å²) in [5.74, 6) is 0.626. The second kappa shape index (κ2) is 10.3. The molecule has 0 aromatic carbocycles. The third kappa shape index (κ3) is 6.47. The van der Waals surface area contributed by atoms with Crippen LogP contribution in [0.1, 0.15) is 63.2 Å². The van der Waals surface area contributed by atoms with Gasteiger partial charge in [-0.15, -0.1) is 0 Å². The van der Waals surface area contributed by atoms with Gasteiger partial charge in [-0.3, -0.25) is 4.98 Å². The zero-order chi connectivity index (χ0) is 22.3. The number of rotatable bonds is 9. The predicted octanol–water partition coefficient (Wildman–Crippen LogP) is 4.14. The van der Waals surface area contributed by atoms with Crippen LogP contribution in [0.2, 0.25) is 0 Å². The summed E-state index contributed by atoms with van der Waals surface area (Å²) >= 11 is 0. The van der Waals surface area contributed by atoms with Crippen molar-refractivity contribution in [3.63, 3.8) is 0 Å². The highest BCUT2D eigenvalue weighted by atomic mass is 16.6. The summed E-state index contributed by atoms with van der Waals surface area (Å²) in [6.45, 7) is 11.6. The van der Waals surface area contributed by atoms with Crippen LogP contribution in [-0.2, 0) is 16.1 Å². The van der Waals surface area contributed by atoms with Gasteiger partial charge < -0.3 is 15.0 Å². The van der Waals surface area contributed by atoms with Gasteiger partial charge in [-0.05, 0) is 57.7 Å². The second-order valence-corrected chi connectivity index (χ2v) is 8.54. The Kier molecular flexibility index (Phi) is 7.55. The van der Waals surface area contributed by atoms with Crippen LogP contribution in [0, 0.1) is 12.3 Å². The molecule has 8 heteroatoms. The van der Waals surface area contributed by atoms with E-state index in [9.17, 15) is 0 Å². The summed E-state index contributed by atoms with van der Waals surface area (Å²) in [6.07, 6.45) is 4.72. The Morgan fingerprint density at radius 2 is 1.97 bits per heavy atom. The van der Waals surface area contributed by atoms with E-state index in [0.29, 0.717) is 19.2 Å². The molecule has 8 nitrogen and oxygen atoms in total. The maximum atomic E-state index is 5.72. The van der Waals surface area contributed by atoms with E-state index in [0.717, 1.165) is 59.9 Å². The summed E-state index contributed by atoms with van der Waals surface area (Å²) in [5.41, 5.74) is 5.13. The van der Waals surface area contributed by atoms with Crippen molar-refractivity contribution in [3.05, 3.63) is 47.0 Å². The lowest BCUT2D eigenvalue weighted by Gasteiger charge is -2.22. The first kappa shape index (κ1) is 22.7. The number of fused-ring (bicyclic) bond motifs is 1. The largest absolute Gasteiger partial charge is 0.395 e. The maximum Gasteiger partial charge on any atom is 0.223 e. The standard InChI is InChI=1S/C23H32N6O2/c1-6-24-22-25-13-18-10-8-12-20(21(18)27-22)29-31-15-23(4,5)14-30-28-17(3)19-11-7-9-16(2)26-19/h7,9,11,13H,6,8,10,12,14-15H2,1-5H3,(H,24,25,27). The Balaban J connectivity index is 1.56. The van der Waals surface area contributed by atoms with Gasteiger partial charge in [-0.2, -0.15) is 0 Å². The van der Waals surface area contributed by atoms with E-state index in [4.69, 9.17) is 9.68 Å². The van der Waals surface area contributed by atoms with Gasteiger partial charge >= 0.3 is 0 Å². The Hall–Kier alpha value is -3.03. The van der Waals surface area contributed by atoms with Crippen LogP contribution in [0.4, 0.5) is 5.95 Å². The molecule has 31 heavy (non-hydrogen) atoms. The van der Waals surface area contributed by atoms with E-state index in [2.05, 4.69) is 44.4 Å². The molecule has 0 spiro atoms. The van der Waals surface area contributed by atoms with E-state index in [1.54, 1.807) is 0 Å². The second-order valence-electron chi connectivity index (χ2n) is 8.54. The molecule has 1 aliphatic rings. The smallest absolute Gasteiger partial charge is 0.223 e. The normalized spacial score (nSPS) is 15.5. The molecule has 0 aliphatic heterocycles. The molecule has 0 saturated heterocycles.